The summed E-state index contributed by atoms with van der Waals surface area (Å²) in [6.07, 6.45) is 9.07. The molecule has 0 saturated carbocycles. The molecule has 6 nitrogen and oxygen atoms in total. The Bertz CT molecular complexity index is 901. The Hall–Kier alpha value is -2.89. The Labute approximate surface area is 120 Å². The lowest BCUT2D eigenvalue weighted by atomic mass is 10.2. The molecule has 0 aliphatic heterocycles. The standard InChI is InChI=1S/C15H13N5O/c1-19-7-12(5-18-19)14-8-20(9-16-14)6-11-2-3-13-15(4-11)21-10-17-13/h2-5,7-10H,6H2,1H3. The largest absolute Gasteiger partial charge is 0.443 e. The van der Waals surface area contributed by atoms with Crippen molar-refractivity contribution in [1.29, 1.82) is 0 Å². The van der Waals surface area contributed by atoms with Crippen molar-refractivity contribution >= 4 is 11.1 Å². The van der Waals surface area contributed by atoms with Gasteiger partial charge in [0.05, 0.1) is 18.2 Å². The molecule has 0 radical (unpaired) electrons. The SMILES string of the molecule is Cn1cc(-c2cn(Cc3ccc4ncoc4c3)cn2)cn1. The highest BCUT2D eigenvalue weighted by atomic mass is 16.3. The molecule has 104 valence electrons. The Morgan fingerprint density at radius 2 is 2.14 bits per heavy atom. The highest BCUT2D eigenvalue weighted by Gasteiger charge is 2.06. The highest BCUT2D eigenvalue weighted by molar-refractivity contribution is 5.72. The molecule has 0 aliphatic carbocycles. The quantitative estimate of drug-likeness (QED) is 0.578. The van der Waals surface area contributed by atoms with Crippen LogP contribution in [0.2, 0.25) is 0 Å². The summed E-state index contributed by atoms with van der Waals surface area (Å²) in [5.74, 6) is 0. The van der Waals surface area contributed by atoms with Gasteiger partial charge in [0.2, 0.25) is 0 Å². The maximum absolute atomic E-state index is 5.33. The van der Waals surface area contributed by atoms with Crippen LogP contribution in [-0.4, -0.2) is 24.3 Å². The van der Waals surface area contributed by atoms with E-state index in [4.69, 9.17) is 4.42 Å². The van der Waals surface area contributed by atoms with E-state index in [0.29, 0.717) is 0 Å². The number of hydrogen-bond donors (Lipinski definition) is 0. The average molecular weight is 279 g/mol. The van der Waals surface area contributed by atoms with Crippen LogP contribution in [0.15, 0.2) is 53.9 Å². The molecule has 0 saturated heterocycles. The van der Waals surface area contributed by atoms with Crippen LogP contribution in [0.1, 0.15) is 5.56 Å². The van der Waals surface area contributed by atoms with Crippen LogP contribution >= 0.6 is 0 Å². The highest BCUT2D eigenvalue weighted by Crippen LogP contribution is 2.18. The number of hydrogen-bond acceptors (Lipinski definition) is 4. The molecule has 3 heterocycles. The van der Waals surface area contributed by atoms with Gasteiger partial charge >= 0.3 is 0 Å². The predicted octanol–water partition coefficient (Wildman–Crippen LogP) is 2.47. The minimum atomic E-state index is 0.740. The number of fused-ring (bicyclic) bond motifs is 1. The van der Waals surface area contributed by atoms with Gasteiger partial charge < -0.3 is 8.98 Å². The second-order valence-corrected chi connectivity index (χ2v) is 4.99. The van der Waals surface area contributed by atoms with Crippen molar-refractivity contribution in [3.63, 3.8) is 0 Å². The first kappa shape index (κ1) is 11.9. The second kappa shape index (κ2) is 4.59. The van der Waals surface area contributed by atoms with Crippen LogP contribution in [0, 0.1) is 0 Å². The molecule has 0 fully saturated rings. The maximum Gasteiger partial charge on any atom is 0.181 e. The van der Waals surface area contributed by atoms with Crippen LogP contribution in [-0.2, 0) is 13.6 Å². The van der Waals surface area contributed by atoms with Crippen LogP contribution in [0.5, 0.6) is 0 Å². The minimum Gasteiger partial charge on any atom is -0.443 e. The molecule has 0 spiro atoms. The Kier molecular flexibility index (Phi) is 2.60. The van der Waals surface area contributed by atoms with E-state index in [0.717, 1.165) is 34.5 Å². The minimum absolute atomic E-state index is 0.740. The fraction of sp³-hybridized carbons (Fsp3) is 0.133. The van der Waals surface area contributed by atoms with Crippen LogP contribution in [0.4, 0.5) is 0 Å². The van der Waals surface area contributed by atoms with E-state index in [9.17, 15) is 0 Å². The number of oxazole rings is 1. The summed E-state index contributed by atoms with van der Waals surface area (Å²) in [7, 11) is 1.90. The zero-order valence-electron chi connectivity index (χ0n) is 11.5. The van der Waals surface area contributed by atoms with E-state index in [-0.39, 0.29) is 0 Å². The summed E-state index contributed by atoms with van der Waals surface area (Å²) in [4.78, 5) is 8.54. The lowest BCUT2D eigenvalue weighted by molar-refractivity contribution is 0.601. The van der Waals surface area contributed by atoms with E-state index < -0.39 is 0 Å². The maximum atomic E-state index is 5.33. The first-order valence-corrected chi connectivity index (χ1v) is 6.61. The third kappa shape index (κ3) is 2.20. The first-order valence-electron chi connectivity index (χ1n) is 6.61. The number of rotatable bonds is 3. The Morgan fingerprint density at radius 1 is 1.19 bits per heavy atom. The predicted molar refractivity (Wildman–Crippen MR) is 77.5 cm³/mol. The van der Waals surface area contributed by atoms with Crippen LogP contribution < -0.4 is 0 Å². The lowest BCUT2D eigenvalue weighted by Crippen LogP contribution is -1.95. The topological polar surface area (TPSA) is 61.7 Å². The normalized spacial score (nSPS) is 11.3. The molecule has 0 atom stereocenters. The van der Waals surface area contributed by atoms with Crippen molar-refractivity contribution in [2.75, 3.05) is 0 Å². The van der Waals surface area contributed by atoms with E-state index in [1.54, 1.807) is 4.68 Å². The third-order valence-electron chi connectivity index (χ3n) is 3.39. The van der Waals surface area contributed by atoms with E-state index in [2.05, 4.69) is 21.1 Å². The van der Waals surface area contributed by atoms with E-state index in [1.807, 2.05) is 48.7 Å². The van der Waals surface area contributed by atoms with Gasteiger partial charge in [-0.05, 0) is 17.7 Å². The van der Waals surface area contributed by atoms with Crippen molar-refractivity contribution in [1.82, 2.24) is 24.3 Å². The Morgan fingerprint density at radius 3 is 3.00 bits per heavy atom. The molecule has 0 bridgehead atoms. The number of imidazole rings is 1. The molecule has 6 heteroatoms. The van der Waals surface area contributed by atoms with Crippen molar-refractivity contribution in [2.24, 2.45) is 7.05 Å². The fourth-order valence-electron chi connectivity index (χ4n) is 2.36. The molecule has 0 N–H and O–H groups in total. The summed E-state index contributed by atoms with van der Waals surface area (Å²) in [5.41, 5.74) is 4.76. The molecule has 0 amide bonds. The summed E-state index contributed by atoms with van der Waals surface area (Å²) in [6, 6.07) is 6.02. The molecule has 4 aromatic rings. The number of benzene rings is 1. The lowest BCUT2D eigenvalue weighted by Gasteiger charge is -2.01. The summed E-state index contributed by atoms with van der Waals surface area (Å²) in [6.45, 7) is 0.740. The van der Waals surface area contributed by atoms with Gasteiger partial charge in [-0.2, -0.15) is 5.10 Å². The molecule has 0 aliphatic rings. The van der Waals surface area contributed by atoms with Gasteiger partial charge in [-0.15, -0.1) is 0 Å². The molecular weight excluding hydrogens is 266 g/mol. The third-order valence-corrected chi connectivity index (χ3v) is 3.39. The van der Waals surface area contributed by atoms with Gasteiger partial charge in [-0.1, -0.05) is 6.07 Å². The van der Waals surface area contributed by atoms with Gasteiger partial charge in [-0.3, -0.25) is 4.68 Å². The van der Waals surface area contributed by atoms with Crippen molar-refractivity contribution in [2.45, 2.75) is 6.54 Å². The molecule has 1 aromatic carbocycles. The zero-order chi connectivity index (χ0) is 14.2. The van der Waals surface area contributed by atoms with Crippen molar-refractivity contribution < 1.29 is 4.42 Å². The van der Waals surface area contributed by atoms with Gasteiger partial charge in [0, 0.05) is 31.5 Å². The van der Waals surface area contributed by atoms with Crippen molar-refractivity contribution in [3.8, 4) is 11.3 Å². The fourth-order valence-corrected chi connectivity index (χ4v) is 2.36. The van der Waals surface area contributed by atoms with Crippen molar-refractivity contribution in [3.05, 3.63) is 55.1 Å². The van der Waals surface area contributed by atoms with Gasteiger partial charge in [-0.25, -0.2) is 9.97 Å². The number of nitrogens with zero attached hydrogens (tertiary/aromatic N) is 5. The number of aromatic nitrogens is 5. The number of aryl methyl sites for hydroxylation is 1. The zero-order valence-corrected chi connectivity index (χ0v) is 11.5. The molecule has 0 unspecified atom stereocenters. The molecule has 3 aromatic heterocycles. The van der Waals surface area contributed by atoms with Gasteiger partial charge in [0.15, 0.2) is 12.0 Å². The first-order chi connectivity index (χ1) is 10.3. The van der Waals surface area contributed by atoms with Gasteiger partial charge in [0.1, 0.15) is 5.52 Å². The second-order valence-electron chi connectivity index (χ2n) is 4.99. The average Bonchev–Trinajstić information content (AvgIpc) is 3.18. The van der Waals surface area contributed by atoms with E-state index in [1.165, 1.54) is 6.39 Å². The monoisotopic (exact) mass is 279 g/mol. The molecule has 21 heavy (non-hydrogen) atoms. The molecule has 4 rings (SSSR count). The summed E-state index contributed by atoms with van der Waals surface area (Å²) in [5, 5.41) is 4.16. The van der Waals surface area contributed by atoms with Crippen LogP contribution in [0.3, 0.4) is 0 Å². The van der Waals surface area contributed by atoms with Crippen LogP contribution in [0.25, 0.3) is 22.4 Å². The smallest absolute Gasteiger partial charge is 0.181 e. The Balaban J connectivity index is 1.61. The summed E-state index contributed by atoms with van der Waals surface area (Å²) >= 11 is 0. The molecular formula is C15H13N5O. The summed E-state index contributed by atoms with van der Waals surface area (Å²) < 4.78 is 9.14. The van der Waals surface area contributed by atoms with E-state index >= 15 is 0 Å². The van der Waals surface area contributed by atoms with Gasteiger partial charge in [0.25, 0.3) is 0 Å².